The van der Waals surface area contributed by atoms with Crippen LogP contribution < -0.4 is 0 Å². The molecule has 0 aliphatic rings. The molecule has 0 aromatic carbocycles. The molecular formula is C10H20N2O. The highest BCUT2D eigenvalue weighted by Crippen LogP contribution is 2.01. The fourth-order valence-electron chi connectivity index (χ4n) is 1.18. The second kappa shape index (κ2) is 6.88. The first kappa shape index (κ1) is 12.4. The van der Waals surface area contributed by atoms with Gasteiger partial charge in [0.05, 0.1) is 18.1 Å². The van der Waals surface area contributed by atoms with E-state index >= 15 is 0 Å². The van der Waals surface area contributed by atoms with Crippen molar-refractivity contribution >= 4 is 0 Å². The molecule has 3 heteroatoms. The largest absolute Gasteiger partial charge is 0.393 e. The SMILES string of the molecule is CCN(CCC(C)O)CC(C)C#N. The molecular weight excluding hydrogens is 164 g/mol. The number of rotatable bonds is 6. The van der Waals surface area contributed by atoms with E-state index in [1.165, 1.54) is 0 Å². The quantitative estimate of drug-likeness (QED) is 0.675. The summed E-state index contributed by atoms with van der Waals surface area (Å²) in [6.07, 6.45) is 0.540. The highest BCUT2D eigenvalue weighted by molar-refractivity contribution is 4.81. The smallest absolute Gasteiger partial charge is 0.0666 e. The molecule has 0 aromatic rings. The predicted octanol–water partition coefficient (Wildman–Crippen LogP) is 1.24. The van der Waals surface area contributed by atoms with E-state index in [4.69, 9.17) is 10.4 Å². The van der Waals surface area contributed by atoms with Crippen LogP contribution in [0.5, 0.6) is 0 Å². The number of hydrogen-bond donors (Lipinski definition) is 1. The van der Waals surface area contributed by atoms with E-state index in [2.05, 4.69) is 17.9 Å². The lowest BCUT2D eigenvalue weighted by Crippen LogP contribution is -2.30. The first-order chi connectivity index (χ1) is 6.10. The Balaban J connectivity index is 3.70. The summed E-state index contributed by atoms with van der Waals surface area (Å²) >= 11 is 0. The Bertz CT molecular complexity index is 163. The lowest BCUT2D eigenvalue weighted by Gasteiger charge is -2.21. The van der Waals surface area contributed by atoms with Crippen LogP contribution in [0.2, 0.25) is 0 Å². The number of aliphatic hydroxyl groups excluding tert-OH is 1. The van der Waals surface area contributed by atoms with Gasteiger partial charge in [0.25, 0.3) is 0 Å². The van der Waals surface area contributed by atoms with Crippen LogP contribution in [0, 0.1) is 17.2 Å². The molecule has 0 bridgehead atoms. The normalized spacial score (nSPS) is 15.4. The van der Waals surface area contributed by atoms with Gasteiger partial charge in [-0.1, -0.05) is 6.92 Å². The molecule has 0 rings (SSSR count). The van der Waals surface area contributed by atoms with E-state index < -0.39 is 0 Å². The Kier molecular flexibility index (Phi) is 6.56. The van der Waals surface area contributed by atoms with Crippen molar-refractivity contribution in [2.24, 2.45) is 5.92 Å². The Hall–Kier alpha value is -0.590. The van der Waals surface area contributed by atoms with Gasteiger partial charge in [0.2, 0.25) is 0 Å². The summed E-state index contributed by atoms with van der Waals surface area (Å²) in [6.45, 7) is 8.41. The zero-order valence-electron chi connectivity index (χ0n) is 8.82. The maximum atomic E-state index is 9.10. The minimum Gasteiger partial charge on any atom is -0.393 e. The lowest BCUT2D eigenvalue weighted by molar-refractivity contribution is 0.155. The molecule has 0 amide bonds. The highest BCUT2D eigenvalue weighted by atomic mass is 16.3. The van der Waals surface area contributed by atoms with E-state index in [1.54, 1.807) is 6.92 Å². The van der Waals surface area contributed by atoms with Crippen molar-refractivity contribution in [2.45, 2.75) is 33.3 Å². The van der Waals surface area contributed by atoms with E-state index in [-0.39, 0.29) is 12.0 Å². The molecule has 76 valence electrons. The highest BCUT2D eigenvalue weighted by Gasteiger charge is 2.08. The molecule has 3 nitrogen and oxygen atoms in total. The molecule has 13 heavy (non-hydrogen) atoms. The molecule has 0 spiro atoms. The maximum absolute atomic E-state index is 9.10. The zero-order chi connectivity index (χ0) is 10.3. The van der Waals surface area contributed by atoms with Gasteiger partial charge in [-0.05, 0) is 26.8 Å². The van der Waals surface area contributed by atoms with Crippen molar-refractivity contribution in [2.75, 3.05) is 19.6 Å². The van der Waals surface area contributed by atoms with Gasteiger partial charge in [0.1, 0.15) is 0 Å². The average Bonchev–Trinajstić information content (AvgIpc) is 2.11. The first-order valence-electron chi connectivity index (χ1n) is 4.90. The molecule has 0 fully saturated rings. The predicted molar refractivity (Wildman–Crippen MR) is 53.2 cm³/mol. The molecule has 2 atom stereocenters. The minimum atomic E-state index is -0.244. The van der Waals surface area contributed by atoms with Crippen LogP contribution in [0.15, 0.2) is 0 Å². The number of nitriles is 1. The molecule has 0 aromatic heterocycles. The monoisotopic (exact) mass is 184 g/mol. The topological polar surface area (TPSA) is 47.3 Å². The molecule has 0 aliphatic carbocycles. The third-order valence-electron chi connectivity index (χ3n) is 2.06. The van der Waals surface area contributed by atoms with Gasteiger partial charge in [-0.25, -0.2) is 0 Å². The van der Waals surface area contributed by atoms with Crippen molar-refractivity contribution in [1.29, 1.82) is 5.26 Å². The van der Waals surface area contributed by atoms with Crippen LogP contribution >= 0.6 is 0 Å². The number of nitrogens with zero attached hydrogens (tertiary/aromatic N) is 2. The van der Waals surface area contributed by atoms with Crippen molar-refractivity contribution < 1.29 is 5.11 Å². The Labute approximate surface area is 81.0 Å². The van der Waals surface area contributed by atoms with Crippen LogP contribution in [-0.4, -0.2) is 35.7 Å². The Morgan fingerprint density at radius 2 is 2.08 bits per heavy atom. The standard InChI is InChI=1S/C10H20N2O/c1-4-12(6-5-10(3)13)8-9(2)7-11/h9-10,13H,4-6,8H2,1-3H3. The van der Waals surface area contributed by atoms with E-state index in [1.807, 2.05) is 6.92 Å². The van der Waals surface area contributed by atoms with Crippen LogP contribution in [0.3, 0.4) is 0 Å². The van der Waals surface area contributed by atoms with Gasteiger partial charge in [0.15, 0.2) is 0 Å². The molecule has 0 saturated heterocycles. The van der Waals surface area contributed by atoms with Gasteiger partial charge in [-0.3, -0.25) is 0 Å². The summed E-state index contributed by atoms with van der Waals surface area (Å²) in [6, 6.07) is 2.21. The van der Waals surface area contributed by atoms with Crippen LogP contribution in [0.25, 0.3) is 0 Å². The van der Waals surface area contributed by atoms with Crippen molar-refractivity contribution in [3.63, 3.8) is 0 Å². The Morgan fingerprint density at radius 3 is 2.46 bits per heavy atom. The van der Waals surface area contributed by atoms with Crippen molar-refractivity contribution in [1.82, 2.24) is 4.90 Å². The maximum Gasteiger partial charge on any atom is 0.0666 e. The number of hydrogen-bond acceptors (Lipinski definition) is 3. The molecule has 1 N–H and O–H groups in total. The number of aliphatic hydroxyl groups is 1. The molecule has 0 aliphatic heterocycles. The third kappa shape index (κ3) is 6.56. The molecule has 0 radical (unpaired) electrons. The van der Waals surface area contributed by atoms with E-state index in [0.29, 0.717) is 0 Å². The first-order valence-corrected chi connectivity index (χ1v) is 4.90. The summed E-state index contributed by atoms with van der Waals surface area (Å²) in [4.78, 5) is 2.20. The van der Waals surface area contributed by atoms with Crippen LogP contribution in [0.4, 0.5) is 0 Å². The fraction of sp³-hybridized carbons (Fsp3) is 0.900. The summed E-state index contributed by atoms with van der Waals surface area (Å²) in [5, 5.41) is 17.7. The minimum absolute atomic E-state index is 0.0777. The fourth-order valence-corrected chi connectivity index (χ4v) is 1.18. The zero-order valence-corrected chi connectivity index (χ0v) is 8.82. The molecule has 2 unspecified atom stereocenters. The van der Waals surface area contributed by atoms with E-state index in [0.717, 1.165) is 26.1 Å². The van der Waals surface area contributed by atoms with Gasteiger partial charge in [0, 0.05) is 13.1 Å². The second-order valence-corrected chi connectivity index (χ2v) is 3.56. The summed E-state index contributed by atoms with van der Waals surface area (Å²) in [5.41, 5.74) is 0. The molecule has 0 saturated carbocycles. The lowest BCUT2D eigenvalue weighted by atomic mass is 10.2. The second-order valence-electron chi connectivity index (χ2n) is 3.56. The van der Waals surface area contributed by atoms with E-state index in [9.17, 15) is 0 Å². The molecule has 0 heterocycles. The van der Waals surface area contributed by atoms with Crippen LogP contribution in [0.1, 0.15) is 27.2 Å². The van der Waals surface area contributed by atoms with Crippen molar-refractivity contribution in [3.05, 3.63) is 0 Å². The van der Waals surface area contributed by atoms with Crippen LogP contribution in [-0.2, 0) is 0 Å². The third-order valence-corrected chi connectivity index (χ3v) is 2.06. The van der Waals surface area contributed by atoms with Gasteiger partial charge in [-0.2, -0.15) is 5.26 Å². The summed E-state index contributed by atoms with van der Waals surface area (Å²) < 4.78 is 0. The Morgan fingerprint density at radius 1 is 1.46 bits per heavy atom. The van der Waals surface area contributed by atoms with Gasteiger partial charge in [-0.15, -0.1) is 0 Å². The van der Waals surface area contributed by atoms with Gasteiger partial charge < -0.3 is 10.0 Å². The average molecular weight is 184 g/mol. The summed E-state index contributed by atoms with van der Waals surface area (Å²) in [5.74, 6) is 0.0777. The summed E-state index contributed by atoms with van der Waals surface area (Å²) in [7, 11) is 0. The van der Waals surface area contributed by atoms with Gasteiger partial charge >= 0.3 is 0 Å². The van der Waals surface area contributed by atoms with Crippen molar-refractivity contribution in [3.8, 4) is 6.07 Å².